The van der Waals surface area contributed by atoms with Crippen LogP contribution in [0.15, 0.2) is 50.8 Å². The van der Waals surface area contributed by atoms with E-state index < -0.39 is 11.6 Å². The normalized spacial score (nSPS) is 12.8. The number of fused-ring (bicyclic) bond motifs is 2. The molecule has 32 heavy (non-hydrogen) atoms. The molecule has 0 bridgehead atoms. The molecule has 1 aliphatic rings. The standard InChI is InChI=1S/C23H20ClNO7/c1-3-14-6-20-17(9-18(14)24)16(8-22(26)32-20)10-28-23(27)11-31-25-13(2)15-4-5-19-21(7-15)30-12-29-19/h4-9H,3,10-12H2,1-2H3/b25-13-. The summed E-state index contributed by atoms with van der Waals surface area (Å²) in [5.74, 6) is 0.660. The first kappa shape index (κ1) is 21.7. The number of aryl methyl sites for hydroxylation is 1. The van der Waals surface area contributed by atoms with E-state index in [1.54, 1.807) is 31.2 Å². The van der Waals surface area contributed by atoms with E-state index in [0.717, 1.165) is 11.1 Å². The van der Waals surface area contributed by atoms with Crippen molar-refractivity contribution in [3.63, 3.8) is 0 Å². The second-order valence-electron chi connectivity index (χ2n) is 7.06. The van der Waals surface area contributed by atoms with E-state index in [0.29, 0.717) is 45.2 Å². The predicted molar refractivity (Wildman–Crippen MR) is 117 cm³/mol. The van der Waals surface area contributed by atoms with Crippen molar-refractivity contribution in [3.05, 3.63) is 68.5 Å². The van der Waals surface area contributed by atoms with E-state index in [9.17, 15) is 9.59 Å². The van der Waals surface area contributed by atoms with Crippen molar-refractivity contribution in [2.45, 2.75) is 26.9 Å². The topological polar surface area (TPSA) is 96.6 Å². The number of hydrogen-bond donors (Lipinski definition) is 0. The molecule has 166 valence electrons. The van der Waals surface area contributed by atoms with Crippen molar-refractivity contribution in [1.82, 2.24) is 0 Å². The number of benzene rings is 2. The maximum atomic E-state index is 12.1. The second kappa shape index (κ2) is 9.32. The molecule has 4 rings (SSSR count). The molecule has 2 heterocycles. The molecular formula is C23H20ClNO7. The minimum Gasteiger partial charge on any atom is -0.458 e. The highest BCUT2D eigenvalue weighted by molar-refractivity contribution is 6.32. The summed E-state index contributed by atoms with van der Waals surface area (Å²) in [7, 11) is 0. The third-order valence-corrected chi connectivity index (χ3v) is 5.29. The molecule has 0 radical (unpaired) electrons. The molecule has 0 unspecified atom stereocenters. The van der Waals surface area contributed by atoms with Crippen LogP contribution in [0.1, 0.15) is 30.5 Å². The van der Waals surface area contributed by atoms with Crippen LogP contribution < -0.4 is 15.1 Å². The maximum absolute atomic E-state index is 12.1. The smallest absolute Gasteiger partial charge is 0.347 e. The molecule has 2 aromatic carbocycles. The number of rotatable bonds is 7. The molecule has 0 N–H and O–H groups in total. The van der Waals surface area contributed by atoms with Gasteiger partial charge in [-0.2, -0.15) is 0 Å². The maximum Gasteiger partial charge on any atom is 0.347 e. The molecule has 0 saturated carbocycles. The monoisotopic (exact) mass is 457 g/mol. The summed E-state index contributed by atoms with van der Waals surface area (Å²) in [5, 5.41) is 5.11. The number of carbonyl (C=O) groups excluding carboxylic acids is 1. The van der Waals surface area contributed by atoms with E-state index in [1.807, 2.05) is 13.0 Å². The van der Waals surface area contributed by atoms with Crippen LogP contribution in [0.2, 0.25) is 5.02 Å². The SMILES string of the molecule is CCc1cc2oc(=O)cc(COC(=O)CO/N=C(/C)c3ccc4c(c3)OCO4)c2cc1Cl. The third-order valence-electron chi connectivity index (χ3n) is 4.94. The lowest BCUT2D eigenvalue weighted by molar-refractivity contribution is -0.150. The Balaban J connectivity index is 1.38. The Kier molecular flexibility index (Phi) is 6.32. The first-order chi connectivity index (χ1) is 15.4. The van der Waals surface area contributed by atoms with Gasteiger partial charge in [-0.3, -0.25) is 0 Å². The highest BCUT2D eigenvalue weighted by atomic mass is 35.5. The second-order valence-corrected chi connectivity index (χ2v) is 7.47. The van der Waals surface area contributed by atoms with Gasteiger partial charge in [-0.25, -0.2) is 9.59 Å². The van der Waals surface area contributed by atoms with Gasteiger partial charge in [-0.05, 0) is 49.2 Å². The lowest BCUT2D eigenvalue weighted by atomic mass is 10.1. The first-order valence-electron chi connectivity index (χ1n) is 9.92. The fraction of sp³-hybridized carbons (Fsp3) is 0.261. The average molecular weight is 458 g/mol. The van der Waals surface area contributed by atoms with E-state index in [2.05, 4.69) is 5.16 Å². The van der Waals surface area contributed by atoms with Crippen LogP contribution in [-0.4, -0.2) is 25.1 Å². The zero-order valence-corrected chi connectivity index (χ0v) is 18.2. The van der Waals surface area contributed by atoms with Crippen LogP contribution >= 0.6 is 11.6 Å². The first-order valence-corrected chi connectivity index (χ1v) is 10.3. The summed E-state index contributed by atoms with van der Waals surface area (Å²) in [5.41, 5.74) is 2.55. The Labute approximate surface area is 188 Å². The van der Waals surface area contributed by atoms with Crippen LogP contribution in [0.4, 0.5) is 0 Å². The molecule has 0 atom stereocenters. The number of ether oxygens (including phenoxy) is 3. The van der Waals surface area contributed by atoms with Gasteiger partial charge in [0.15, 0.2) is 11.5 Å². The number of esters is 1. The predicted octanol–water partition coefficient (Wildman–Crippen LogP) is 4.22. The highest BCUT2D eigenvalue weighted by Gasteiger charge is 2.15. The quantitative estimate of drug-likeness (QED) is 0.227. The van der Waals surface area contributed by atoms with Crippen molar-refractivity contribution >= 4 is 34.3 Å². The summed E-state index contributed by atoms with van der Waals surface area (Å²) in [4.78, 5) is 29.1. The zero-order valence-electron chi connectivity index (χ0n) is 17.5. The molecule has 0 amide bonds. The number of halogens is 1. The van der Waals surface area contributed by atoms with Crippen molar-refractivity contribution in [2.75, 3.05) is 13.4 Å². The van der Waals surface area contributed by atoms with Gasteiger partial charge in [-0.1, -0.05) is 23.7 Å². The van der Waals surface area contributed by atoms with Crippen molar-refractivity contribution in [3.8, 4) is 11.5 Å². The lowest BCUT2D eigenvalue weighted by Crippen LogP contribution is -2.12. The van der Waals surface area contributed by atoms with Gasteiger partial charge >= 0.3 is 11.6 Å². The van der Waals surface area contributed by atoms with Crippen molar-refractivity contribution < 1.29 is 28.3 Å². The fourth-order valence-electron chi connectivity index (χ4n) is 3.24. The van der Waals surface area contributed by atoms with Gasteiger partial charge in [0.1, 0.15) is 12.2 Å². The van der Waals surface area contributed by atoms with E-state index in [-0.39, 0.29) is 20.0 Å². The molecular weight excluding hydrogens is 438 g/mol. The average Bonchev–Trinajstić information content (AvgIpc) is 3.25. The van der Waals surface area contributed by atoms with Crippen LogP contribution in [0, 0.1) is 0 Å². The number of oxime groups is 1. The van der Waals surface area contributed by atoms with Crippen molar-refractivity contribution in [2.24, 2.45) is 5.16 Å². The highest BCUT2D eigenvalue weighted by Crippen LogP contribution is 2.32. The Morgan fingerprint density at radius 1 is 1.12 bits per heavy atom. The van der Waals surface area contributed by atoms with Gasteiger partial charge in [0.2, 0.25) is 13.4 Å². The van der Waals surface area contributed by atoms with E-state index in [1.165, 1.54) is 6.07 Å². The Morgan fingerprint density at radius 3 is 2.75 bits per heavy atom. The Morgan fingerprint density at radius 2 is 1.94 bits per heavy atom. The van der Waals surface area contributed by atoms with Crippen LogP contribution in [0.25, 0.3) is 11.0 Å². The zero-order chi connectivity index (χ0) is 22.7. The van der Waals surface area contributed by atoms with Gasteiger partial charge in [-0.15, -0.1) is 0 Å². The summed E-state index contributed by atoms with van der Waals surface area (Å²) in [6.07, 6.45) is 0.696. The van der Waals surface area contributed by atoms with Gasteiger partial charge < -0.3 is 23.5 Å². The van der Waals surface area contributed by atoms with Crippen molar-refractivity contribution in [1.29, 1.82) is 0 Å². The Hall–Kier alpha value is -3.52. The third kappa shape index (κ3) is 4.70. The molecule has 1 aliphatic heterocycles. The van der Waals surface area contributed by atoms with E-state index >= 15 is 0 Å². The molecule has 9 heteroatoms. The summed E-state index contributed by atoms with van der Waals surface area (Å²) in [6.45, 7) is 3.36. The van der Waals surface area contributed by atoms with Crippen LogP contribution in [-0.2, 0) is 27.4 Å². The van der Waals surface area contributed by atoms with Crippen LogP contribution in [0.3, 0.4) is 0 Å². The molecule has 0 fully saturated rings. The number of hydrogen-bond acceptors (Lipinski definition) is 8. The molecule has 0 spiro atoms. The minimum absolute atomic E-state index is 0.128. The summed E-state index contributed by atoms with van der Waals surface area (Å²) in [6, 6.07) is 10.1. The molecule has 1 aromatic heterocycles. The van der Waals surface area contributed by atoms with Gasteiger partial charge in [0.05, 0.1) is 5.71 Å². The van der Waals surface area contributed by atoms with Crippen LogP contribution in [0.5, 0.6) is 11.5 Å². The molecule has 0 aliphatic carbocycles. The molecule has 3 aromatic rings. The van der Waals surface area contributed by atoms with Gasteiger partial charge in [0.25, 0.3) is 0 Å². The fourth-order valence-corrected chi connectivity index (χ4v) is 3.53. The summed E-state index contributed by atoms with van der Waals surface area (Å²) < 4.78 is 21.1. The van der Waals surface area contributed by atoms with Gasteiger partial charge in [0, 0.05) is 27.6 Å². The van der Waals surface area contributed by atoms with E-state index in [4.69, 9.17) is 35.1 Å². The largest absolute Gasteiger partial charge is 0.458 e. The minimum atomic E-state index is -0.634. The number of carbonyl (C=O) groups is 1. The molecule has 0 saturated heterocycles. The number of nitrogens with zero attached hydrogens (tertiary/aromatic N) is 1. The lowest BCUT2D eigenvalue weighted by Gasteiger charge is -2.09. The Bertz CT molecular complexity index is 1270. The molecule has 8 nitrogen and oxygen atoms in total. The summed E-state index contributed by atoms with van der Waals surface area (Å²) >= 11 is 6.28.